The van der Waals surface area contributed by atoms with Crippen LogP contribution in [-0.4, -0.2) is 40.8 Å². The summed E-state index contributed by atoms with van der Waals surface area (Å²) in [6, 6.07) is 0.375. The van der Waals surface area contributed by atoms with E-state index in [9.17, 15) is 0 Å². The van der Waals surface area contributed by atoms with Crippen LogP contribution in [0.1, 0.15) is 46.6 Å². The molecule has 5 heteroatoms. The van der Waals surface area contributed by atoms with Crippen molar-refractivity contribution < 1.29 is 4.74 Å². The molecule has 1 fully saturated rings. The number of morpholine rings is 1. The molecule has 0 aromatic carbocycles. The van der Waals surface area contributed by atoms with E-state index in [1.165, 1.54) is 0 Å². The van der Waals surface area contributed by atoms with Gasteiger partial charge in [0, 0.05) is 36.6 Å². The summed E-state index contributed by atoms with van der Waals surface area (Å²) >= 11 is 0. The summed E-state index contributed by atoms with van der Waals surface area (Å²) in [5.41, 5.74) is 1.22. The van der Waals surface area contributed by atoms with Crippen molar-refractivity contribution in [1.29, 1.82) is 0 Å². The molecule has 0 spiro atoms. The quantitative estimate of drug-likeness (QED) is 0.923. The fourth-order valence-electron chi connectivity index (χ4n) is 2.38. The molecule has 1 aromatic rings. The lowest BCUT2D eigenvalue weighted by atomic mass is 10.1. The van der Waals surface area contributed by atoms with Crippen molar-refractivity contribution in [1.82, 2.24) is 15.3 Å². The maximum Gasteiger partial charge on any atom is 0.225 e. The Morgan fingerprint density at radius 3 is 2.57 bits per heavy atom. The lowest BCUT2D eigenvalue weighted by Gasteiger charge is -2.38. The third-order valence-corrected chi connectivity index (χ3v) is 3.71. The molecule has 0 radical (unpaired) electrons. The average Bonchev–Trinajstić information content (AvgIpc) is 2.45. The van der Waals surface area contributed by atoms with E-state index in [0.29, 0.717) is 6.04 Å². The van der Waals surface area contributed by atoms with Crippen LogP contribution in [0.25, 0.3) is 0 Å². The Kier molecular flexibility index (Phi) is 5.17. The maximum atomic E-state index is 5.73. The number of anilines is 1. The zero-order valence-corrected chi connectivity index (χ0v) is 13.9. The number of ether oxygens (including phenoxy) is 1. The van der Waals surface area contributed by atoms with Crippen molar-refractivity contribution >= 4 is 5.95 Å². The molecule has 2 heterocycles. The highest BCUT2D eigenvalue weighted by molar-refractivity contribution is 5.33. The van der Waals surface area contributed by atoms with Crippen LogP contribution in [0.15, 0.2) is 12.4 Å². The fraction of sp³-hybridized carbons (Fsp3) is 0.750. The van der Waals surface area contributed by atoms with E-state index in [1.54, 1.807) is 0 Å². The summed E-state index contributed by atoms with van der Waals surface area (Å²) in [4.78, 5) is 11.4. The molecule has 5 nitrogen and oxygen atoms in total. The molecule has 2 atom stereocenters. The predicted molar refractivity (Wildman–Crippen MR) is 85.5 cm³/mol. The van der Waals surface area contributed by atoms with E-state index in [2.05, 4.69) is 54.8 Å². The van der Waals surface area contributed by atoms with Gasteiger partial charge in [0.15, 0.2) is 0 Å². The average molecular weight is 292 g/mol. The summed E-state index contributed by atoms with van der Waals surface area (Å²) in [6.07, 6.45) is 5.13. The first-order valence-electron chi connectivity index (χ1n) is 7.83. The maximum absolute atomic E-state index is 5.73. The molecule has 0 saturated carbocycles. The van der Waals surface area contributed by atoms with Gasteiger partial charge in [0.1, 0.15) is 0 Å². The van der Waals surface area contributed by atoms with Gasteiger partial charge >= 0.3 is 0 Å². The minimum Gasteiger partial charge on any atom is -0.375 e. The second-order valence-electron chi connectivity index (χ2n) is 6.85. The molecule has 1 aliphatic rings. The van der Waals surface area contributed by atoms with E-state index in [0.717, 1.165) is 37.6 Å². The zero-order valence-electron chi connectivity index (χ0n) is 13.9. The molecule has 1 saturated heterocycles. The van der Waals surface area contributed by atoms with Crippen LogP contribution in [-0.2, 0) is 11.3 Å². The number of nitrogens with zero attached hydrogens (tertiary/aromatic N) is 3. The monoisotopic (exact) mass is 292 g/mol. The van der Waals surface area contributed by atoms with Gasteiger partial charge in [-0.1, -0.05) is 6.92 Å². The lowest BCUT2D eigenvalue weighted by molar-refractivity contribution is 0.0292. The van der Waals surface area contributed by atoms with Crippen LogP contribution >= 0.6 is 0 Å². The number of hydrogen-bond donors (Lipinski definition) is 1. The minimum atomic E-state index is 0.103. The van der Waals surface area contributed by atoms with Crippen LogP contribution in [0, 0.1) is 0 Å². The van der Waals surface area contributed by atoms with Gasteiger partial charge in [-0.05, 0) is 34.1 Å². The topological polar surface area (TPSA) is 50.3 Å². The van der Waals surface area contributed by atoms with Crippen molar-refractivity contribution in [2.24, 2.45) is 0 Å². The fourth-order valence-corrected chi connectivity index (χ4v) is 2.38. The molecular weight excluding hydrogens is 264 g/mol. The van der Waals surface area contributed by atoms with Crippen molar-refractivity contribution in [2.45, 2.75) is 65.3 Å². The molecule has 1 aliphatic heterocycles. The Hall–Kier alpha value is -1.20. The second kappa shape index (κ2) is 6.71. The number of rotatable bonds is 4. The SMILES string of the molecule is CCC1COC(C)CN1c1ncc(CNC(C)(C)C)cn1. The highest BCUT2D eigenvalue weighted by atomic mass is 16.5. The van der Waals surface area contributed by atoms with E-state index in [-0.39, 0.29) is 11.6 Å². The standard InChI is InChI=1S/C16H28N4O/c1-6-14-11-21-12(2)10-20(14)15-17-7-13(8-18-15)9-19-16(3,4)5/h7-8,12,14,19H,6,9-11H2,1-5H3. The predicted octanol–water partition coefficient (Wildman–Crippen LogP) is 2.37. The van der Waals surface area contributed by atoms with Crippen molar-refractivity contribution in [3.63, 3.8) is 0 Å². The first-order valence-corrected chi connectivity index (χ1v) is 7.83. The van der Waals surface area contributed by atoms with E-state index >= 15 is 0 Å². The van der Waals surface area contributed by atoms with Gasteiger partial charge < -0.3 is 15.0 Å². The van der Waals surface area contributed by atoms with Crippen LogP contribution in [0.4, 0.5) is 5.95 Å². The van der Waals surface area contributed by atoms with Crippen LogP contribution < -0.4 is 10.2 Å². The molecule has 2 rings (SSSR count). The van der Waals surface area contributed by atoms with Gasteiger partial charge in [0.25, 0.3) is 0 Å². The van der Waals surface area contributed by atoms with E-state index in [1.807, 2.05) is 12.4 Å². The Morgan fingerprint density at radius 2 is 2.00 bits per heavy atom. The Balaban J connectivity index is 2.03. The highest BCUT2D eigenvalue weighted by Gasteiger charge is 2.27. The van der Waals surface area contributed by atoms with Gasteiger partial charge in [0.05, 0.1) is 18.8 Å². The Morgan fingerprint density at radius 1 is 1.33 bits per heavy atom. The van der Waals surface area contributed by atoms with Crippen LogP contribution in [0.5, 0.6) is 0 Å². The van der Waals surface area contributed by atoms with Gasteiger partial charge in [-0.2, -0.15) is 0 Å². The summed E-state index contributed by atoms with van der Waals surface area (Å²) < 4.78 is 5.73. The molecule has 0 aliphatic carbocycles. The molecule has 0 amide bonds. The van der Waals surface area contributed by atoms with Crippen molar-refractivity contribution in [3.05, 3.63) is 18.0 Å². The molecule has 118 valence electrons. The second-order valence-corrected chi connectivity index (χ2v) is 6.85. The lowest BCUT2D eigenvalue weighted by Crippen LogP contribution is -2.49. The number of nitrogens with one attached hydrogen (secondary N) is 1. The van der Waals surface area contributed by atoms with Gasteiger partial charge in [-0.3, -0.25) is 0 Å². The molecule has 0 bridgehead atoms. The summed E-state index contributed by atoms with van der Waals surface area (Å²) in [6.45, 7) is 13.2. The molecule has 1 aromatic heterocycles. The van der Waals surface area contributed by atoms with Crippen LogP contribution in [0.3, 0.4) is 0 Å². The molecule has 1 N–H and O–H groups in total. The Bertz CT molecular complexity index is 441. The number of aromatic nitrogens is 2. The third-order valence-electron chi connectivity index (χ3n) is 3.71. The summed E-state index contributed by atoms with van der Waals surface area (Å²) in [5.74, 6) is 0.816. The minimum absolute atomic E-state index is 0.103. The third kappa shape index (κ3) is 4.64. The highest BCUT2D eigenvalue weighted by Crippen LogP contribution is 2.19. The Labute approximate surface area is 128 Å². The molecule has 2 unspecified atom stereocenters. The normalized spacial score (nSPS) is 23.4. The van der Waals surface area contributed by atoms with E-state index in [4.69, 9.17) is 4.74 Å². The largest absolute Gasteiger partial charge is 0.375 e. The van der Waals surface area contributed by atoms with Gasteiger partial charge in [-0.15, -0.1) is 0 Å². The van der Waals surface area contributed by atoms with E-state index < -0.39 is 0 Å². The molecular formula is C16H28N4O. The zero-order chi connectivity index (χ0) is 15.5. The van der Waals surface area contributed by atoms with Crippen molar-refractivity contribution in [3.8, 4) is 0 Å². The van der Waals surface area contributed by atoms with Crippen LogP contribution in [0.2, 0.25) is 0 Å². The number of hydrogen-bond acceptors (Lipinski definition) is 5. The first kappa shape index (κ1) is 16.2. The van der Waals surface area contributed by atoms with Gasteiger partial charge in [0.2, 0.25) is 5.95 Å². The smallest absolute Gasteiger partial charge is 0.225 e. The molecule has 21 heavy (non-hydrogen) atoms. The summed E-state index contributed by atoms with van der Waals surface area (Å²) in [5, 5.41) is 3.45. The first-order chi connectivity index (χ1) is 9.89. The van der Waals surface area contributed by atoms with Crippen molar-refractivity contribution in [2.75, 3.05) is 18.1 Å². The van der Waals surface area contributed by atoms with Gasteiger partial charge in [-0.25, -0.2) is 9.97 Å². The summed E-state index contributed by atoms with van der Waals surface area (Å²) in [7, 11) is 0.